The number of nitrogens with zero attached hydrogens (tertiary/aromatic N) is 3. The summed E-state index contributed by atoms with van der Waals surface area (Å²) in [5.41, 5.74) is 12.0. The molecule has 0 bridgehead atoms. The second-order valence-electron chi connectivity index (χ2n) is 3.79. The summed E-state index contributed by atoms with van der Waals surface area (Å²) in [6.07, 6.45) is 2.63. The number of hydrogen-bond donors (Lipinski definition) is 3. The van der Waals surface area contributed by atoms with Crippen LogP contribution in [0.15, 0.2) is 12.3 Å². The quantitative estimate of drug-likeness (QED) is 0.716. The summed E-state index contributed by atoms with van der Waals surface area (Å²) in [7, 11) is 1.87. The molecule has 0 saturated heterocycles. The zero-order valence-corrected chi connectivity index (χ0v) is 10.7. The van der Waals surface area contributed by atoms with Crippen LogP contribution in [-0.2, 0) is 13.5 Å². The lowest BCUT2D eigenvalue weighted by Crippen LogP contribution is -2.15. The smallest absolute Gasteiger partial charge is 0.255 e. The summed E-state index contributed by atoms with van der Waals surface area (Å²) < 4.78 is 5.65. The van der Waals surface area contributed by atoms with Crippen LogP contribution in [0.3, 0.4) is 0 Å². The van der Waals surface area contributed by atoms with Gasteiger partial charge in [0, 0.05) is 26.2 Å². The van der Waals surface area contributed by atoms with Crippen LogP contribution in [0.4, 0.5) is 10.8 Å². The molecule has 7 nitrogen and oxygen atoms in total. The Morgan fingerprint density at radius 3 is 3.00 bits per heavy atom. The summed E-state index contributed by atoms with van der Waals surface area (Å²) >= 11 is 1.13. The molecule has 8 heteroatoms. The second-order valence-corrected chi connectivity index (χ2v) is 4.57. The molecule has 0 aliphatic rings. The highest BCUT2D eigenvalue weighted by Gasteiger charge is 2.16. The van der Waals surface area contributed by atoms with Crippen LogP contribution >= 0.6 is 11.5 Å². The van der Waals surface area contributed by atoms with Gasteiger partial charge in [-0.1, -0.05) is 0 Å². The van der Waals surface area contributed by atoms with E-state index in [-0.39, 0.29) is 11.4 Å². The minimum Gasteiger partial charge on any atom is -0.382 e. The van der Waals surface area contributed by atoms with Crippen molar-refractivity contribution in [1.29, 1.82) is 0 Å². The summed E-state index contributed by atoms with van der Waals surface area (Å²) in [5, 5.41) is 7.96. The zero-order valence-electron chi connectivity index (χ0n) is 9.88. The molecule has 18 heavy (non-hydrogen) atoms. The number of nitrogens with one attached hydrogen (secondary N) is 1. The number of carbonyl (C=O) groups is 1. The van der Waals surface area contributed by atoms with Crippen molar-refractivity contribution in [1.82, 2.24) is 14.2 Å². The summed E-state index contributed by atoms with van der Waals surface area (Å²) in [6, 6.07) is 1.94. The second kappa shape index (κ2) is 5.05. The third-order valence-corrected chi connectivity index (χ3v) is 3.22. The van der Waals surface area contributed by atoms with Crippen LogP contribution < -0.4 is 16.8 Å². The average Bonchev–Trinajstić information content (AvgIpc) is 2.86. The van der Waals surface area contributed by atoms with E-state index in [0.29, 0.717) is 11.5 Å². The molecular formula is C10H14N6OS. The van der Waals surface area contributed by atoms with E-state index in [1.807, 2.05) is 19.3 Å². The highest BCUT2D eigenvalue weighted by molar-refractivity contribution is 7.11. The van der Waals surface area contributed by atoms with E-state index in [0.717, 1.165) is 23.6 Å². The minimum atomic E-state index is -0.568. The number of primary amides is 1. The number of anilines is 2. The minimum absolute atomic E-state index is 0.174. The predicted octanol–water partition coefficient (Wildman–Crippen LogP) is 0.212. The van der Waals surface area contributed by atoms with Crippen molar-refractivity contribution in [2.75, 3.05) is 17.6 Å². The largest absolute Gasteiger partial charge is 0.382 e. The third kappa shape index (κ3) is 2.59. The molecule has 0 spiro atoms. The van der Waals surface area contributed by atoms with Crippen LogP contribution in [0, 0.1) is 0 Å². The lowest BCUT2D eigenvalue weighted by Gasteiger charge is -2.03. The number of amides is 1. The number of hydrogen-bond acceptors (Lipinski definition) is 6. The maximum absolute atomic E-state index is 11.2. The van der Waals surface area contributed by atoms with E-state index >= 15 is 0 Å². The van der Waals surface area contributed by atoms with E-state index in [1.165, 1.54) is 0 Å². The fourth-order valence-electron chi connectivity index (χ4n) is 1.56. The first-order valence-corrected chi connectivity index (χ1v) is 6.12. The lowest BCUT2D eigenvalue weighted by atomic mass is 10.3. The van der Waals surface area contributed by atoms with E-state index in [2.05, 4.69) is 14.8 Å². The van der Waals surface area contributed by atoms with Gasteiger partial charge in [0.2, 0.25) is 0 Å². The molecule has 0 atom stereocenters. The number of carbonyl (C=O) groups excluding carboxylic acids is 1. The van der Waals surface area contributed by atoms with E-state index in [4.69, 9.17) is 11.5 Å². The molecule has 0 radical (unpaired) electrons. The lowest BCUT2D eigenvalue weighted by molar-refractivity contribution is 0.100. The molecule has 2 heterocycles. The van der Waals surface area contributed by atoms with Gasteiger partial charge in [0.25, 0.3) is 5.91 Å². The molecule has 5 N–H and O–H groups in total. The summed E-state index contributed by atoms with van der Waals surface area (Å²) in [5.74, 6) is -0.394. The van der Waals surface area contributed by atoms with Gasteiger partial charge in [0.05, 0.1) is 5.69 Å². The van der Waals surface area contributed by atoms with Crippen molar-refractivity contribution in [2.24, 2.45) is 12.8 Å². The number of aromatic nitrogens is 3. The molecule has 0 fully saturated rings. The van der Waals surface area contributed by atoms with Crippen LogP contribution in [0.1, 0.15) is 16.1 Å². The topological polar surface area (TPSA) is 112 Å². The Hall–Kier alpha value is -2.09. The first-order valence-electron chi connectivity index (χ1n) is 5.35. The normalized spacial score (nSPS) is 10.5. The molecule has 0 aliphatic heterocycles. The predicted molar refractivity (Wildman–Crippen MR) is 70.4 cm³/mol. The molecule has 2 aromatic rings. The van der Waals surface area contributed by atoms with Gasteiger partial charge in [-0.15, -0.1) is 0 Å². The Kier molecular flexibility index (Phi) is 3.47. The third-order valence-electron chi connectivity index (χ3n) is 2.40. The van der Waals surface area contributed by atoms with E-state index in [9.17, 15) is 4.79 Å². The highest BCUT2D eigenvalue weighted by atomic mass is 32.1. The first-order chi connectivity index (χ1) is 8.58. The van der Waals surface area contributed by atoms with Gasteiger partial charge in [-0.25, -0.2) is 0 Å². The molecular weight excluding hydrogens is 252 g/mol. The monoisotopic (exact) mass is 266 g/mol. The fourth-order valence-corrected chi connectivity index (χ4v) is 2.31. The van der Waals surface area contributed by atoms with Crippen molar-refractivity contribution in [3.8, 4) is 0 Å². The zero-order chi connectivity index (χ0) is 13.1. The average molecular weight is 266 g/mol. The fraction of sp³-hybridized carbons (Fsp3) is 0.300. The number of aryl methyl sites for hydroxylation is 1. The van der Waals surface area contributed by atoms with Crippen molar-refractivity contribution >= 4 is 28.3 Å². The Balaban J connectivity index is 1.96. The Morgan fingerprint density at radius 2 is 2.39 bits per heavy atom. The number of nitrogen functional groups attached to an aromatic ring is 1. The highest BCUT2D eigenvalue weighted by Crippen LogP contribution is 2.25. The SMILES string of the molecule is Cn1ccc(CCNc2snc(N)c2C(N)=O)n1. The Bertz CT molecular complexity index is 560. The van der Waals surface area contributed by atoms with Crippen LogP contribution in [0.2, 0.25) is 0 Å². The van der Waals surface area contributed by atoms with E-state index < -0.39 is 5.91 Å². The van der Waals surface area contributed by atoms with Crippen molar-refractivity contribution in [3.63, 3.8) is 0 Å². The Labute approximate surface area is 108 Å². The van der Waals surface area contributed by atoms with Gasteiger partial charge in [-0.3, -0.25) is 9.48 Å². The van der Waals surface area contributed by atoms with Crippen molar-refractivity contribution < 1.29 is 4.79 Å². The maximum atomic E-state index is 11.2. The van der Waals surface area contributed by atoms with E-state index in [1.54, 1.807) is 4.68 Å². The van der Waals surface area contributed by atoms with Crippen molar-refractivity contribution in [2.45, 2.75) is 6.42 Å². The van der Waals surface area contributed by atoms with Gasteiger partial charge in [0.1, 0.15) is 10.6 Å². The summed E-state index contributed by atoms with van der Waals surface area (Å²) in [4.78, 5) is 11.2. The van der Waals surface area contributed by atoms with Gasteiger partial charge >= 0.3 is 0 Å². The molecule has 0 unspecified atom stereocenters. The van der Waals surface area contributed by atoms with Crippen LogP contribution in [0.5, 0.6) is 0 Å². The van der Waals surface area contributed by atoms with Crippen LogP contribution in [0.25, 0.3) is 0 Å². The molecule has 0 aromatic carbocycles. The molecule has 0 aliphatic carbocycles. The molecule has 96 valence electrons. The van der Waals surface area contributed by atoms with Gasteiger partial charge < -0.3 is 16.8 Å². The van der Waals surface area contributed by atoms with Crippen molar-refractivity contribution in [3.05, 3.63) is 23.5 Å². The van der Waals surface area contributed by atoms with Gasteiger partial charge in [0.15, 0.2) is 5.82 Å². The van der Waals surface area contributed by atoms with Gasteiger partial charge in [-0.2, -0.15) is 9.47 Å². The van der Waals surface area contributed by atoms with Crippen LogP contribution in [-0.4, -0.2) is 26.6 Å². The molecule has 0 saturated carbocycles. The first kappa shape index (κ1) is 12.4. The maximum Gasteiger partial charge on any atom is 0.255 e. The molecule has 2 aromatic heterocycles. The standard InChI is InChI=1S/C10H14N6OS/c1-16-5-3-6(14-16)2-4-13-10-7(9(12)17)8(11)15-18-10/h3,5,13H,2,4H2,1H3,(H2,11,15)(H2,12,17). The number of nitrogens with two attached hydrogens (primary N) is 2. The van der Waals surface area contributed by atoms with Gasteiger partial charge in [-0.05, 0) is 17.6 Å². The molecule has 1 amide bonds. The molecule has 2 rings (SSSR count). The number of rotatable bonds is 5. The summed E-state index contributed by atoms with van der Waals surface area (Å²) in [6.45, 7) is 0.638. The Morgan fingerprint density at radius 1 is 1.61 bits per heavy atom.